The van der Waals surface area contributed by atoms with Crippen LogP contribution in [0.25, 0.3) is 0 Å². The zero-order valence-corrected chi connectivity index (χ0v) is 11.6. The van der Waals surface area contributed by atoms with Crippen molar-refractivity contribution in [1.82, 2.24) is 9.97 Å². The van der Waals surface area contributed by atoms with Crippen molar-refractivity contribution < 1.29 is 13.2 Å². The molecule has 1 heterocycles. The summed E-state index contributed by atoms with van der Waals surface area (Å²) in [5.74, 6) is 1.24. The number of aryl methyl sites for hydroxylation is 1. The van der Waals surface area contributed by atoms with Crippen molar-refractivity contribution in [1.29, 1.82) is 0 Å². The van der Waals surface area contributed by atoms with Gasteiger partial charge in [-0.15, -0.1) is 0 Å². The fourth-order valence-corrected chi connectivity index (χ4v) is 1.82. The van der Waals surface area contributed by atoms with E-state index in [1.807, 2.05) is 6.92 Å². The van der Waals surface area contributed by atoms with Crippen molar-refractivity contribution in [2.75, 3.05) is 11.9 Å². The van der Waals surface area contributed by atoms with Gasteiger partial charge in [0.2, 0.25) is 0 Å². The summed E-state index contributed by atoms with van der Waals surface area (Å²) in [5.41, 5.74) is 0. The van der Waals surface area contributed by atoms with E-state index < -0.39 is 12.6 Å². The molecule has 0 unspecified atom stereocenters. The molecule has 0 atom stereocenters. The number of alkyl halides is 3. The molecule has 18 heavy (non-hydrogen) atoms. The van der Waals surface area contributed by atoms with E-state index in [-0.39, 0.29) is 13.0 Å². The summed E-state index contributed by atoms with van der Waals surface area (Å²) in [6.45, 7) is 2.26. The van der Waals surface area contributed by atoms with Crippen LogP contribution in [0.3, 0.4) is 0 Å². The molecule has 0 fully saturated rings. The second kappa shape index (κ2) is 6.92. The van der Waals surface area contributed by atoms with Gasteiger partial charge in [0.15, 0.2) is 0 Å². The molecule has 1 N–H and O–H groups in total. The highest BCUT2D eigenvalue weighted by Crippen LogP contribution is 2.21. The van der Waals surface area contributed by atoms with Gasteiger partial charge in [0.25, 0.3) is 0 Å². The molecule has 1 aromatic heterocycles. The Labute approximate surface area is 112 Å². The Hall–Kier alpha value is -0.850. The van der Waals surface area contributed by atoms with Gasteiger partial charge in [-0.1, -0.05) is 6.92 Å². The van der Waals surface area contributed by atoms with Gasteiger partial charge in [0.05, 0.1) is 0 Å². The largest absolute Gasteiger partial charge is 0.389 e. The van der Waals surface area contributed by atoms with E-state index in [1.165, 1.54) is 0 Å². The predicted molar refractivity (Wildman–Crippen MR) is 67.5 cm³/mol. The minimum absolute atomic E-state index is 0.0359. The van der Waals surface area contributed by atoms with Crippen LogP contribution in [0.2, 0.25) is 0 Å². The number of nitrogens with one attached hydrogen (secondary N) is 1. The third kappa shape index (κ3) is 6.18. The van der Waals surface area contributed by atoms with Crippen molar-refractivity contribution in [3.63, 3.8) is 0 Å². The van der Waals surface area contributed by atoms with Crippen LogP contribution < -0.4 is 5.32 Å². The maximum Gasteiger partial charge on any atom is 0.389 e. The van der Waals surface area contributed by atoms with Crippen LogP contribution >= 0.6 is 15.9 Å². The minimum atomic E-state index is -4.10. The third-order valence-electron chi connectivity index (χ3n) is 2.16. The molecule has 0 spiro atoms. The third-order valence-corrected chi connectivity index (χ3v) is 2.56. The molecule has 0 aromatic carbocycles. The number of anilines is 1. The Morgan fingerprint density at radius 3 is 2.67 bits per heavy atom. The van der Waals surface area contributed by atoms with Gasteiger partial charge in [-0.25, -0.2) is 9.97 Å². The van der Waals surface area contributed by atoms with E-state index in [0.29, 0.717) is 16.2 Å². The van der Waals surface area contributed by atoms with E-state index in [0.717, 1.165) is 12.8 Å². The lowest BCUT2D eigenvalue weighted by Gasteiger charge is -2.09. The van der Waals surface area contributed by atoms with E-state index in [4.69, 9.17) is 0 Å². The summed E-state index contributed by atoms with van der Waals surface area (Å²) in [6, 6.07) is 1.66. The van der Waals surface area contributed by atoms with E-state index in [2.05, 4.69) is 31.2 Å². The van der Waals surface area contributed by atoms with Gasteiger partial charge in [0, 0.05) is 25.5 Å². The van der Waals surface area contributed by atoms with Gasteiger partial charge in [-0.3, -0.25) is 0 Å². The molecule has 0 radical (unpaired) electrons. The predicted octanol–water partition coefficient (Wildman–Crippen LogP) is 3.95. The topological polar surface area (TPSA) is 37.8 Å². The second-order valence-electron chi connectivity index (χ2n) is 3.89. The summed E-state index contributed by atoms with van der Waals surface area (Å²) in [4.78, 5) is 8.40. The van der Waals surface area contributed by atoms with Crippen LogP contribution in [-0.4, -0.2) is 22.7 Å². The summed E-state index contributed by atoms with van der Waals surface area (Å²) in [5, 5.41) is 2.88. The highest BCUT2D eigenvalue weighted by Gasteiger charge is 2.25. The Bertz CT molecular complexity index is 382. The monoisotopic (exact) mass is 325 g/mol. The lowest BCUT2D eigenvalue weighted by atomic mass is 10.3. The van der Waals surface area contributed by atoms with E-state index >= 15 is 0 Å². The second-order valence-corrected chi connectivity index (χ2v) is 4.70. The number of hydrogen-bond acceptors (Lipinski definition) is 3. The first-order valence-corrected chi connectivity index (χ1v) is 6.54. The molecule has 7 heteroatoms. The SMILES string of the molecule is CCCc1nc(Br)cc(NCCCC(F)(F)F)n1. The van der Waals surface area contributed by atoms with Crippen LogP contribution in [0.15, 0.2) is 10.7 Å². The fraction of sp³-hybridized carbons (Fsp3) is 0.636. The summed E-state index contributed by atoms with van der Waals surface area (Å²) in [7, 11) is 0. The van der Waals surface area contributed by atoms with Gasteiger partial charge in [-0.05, 0) is 28.8 Å². The zero-order chi connectivity index (χ0) is 13.6. The summed E-state index contributed by atoms with van der Waals surface area (Å²) >= 11 is 3.25. The molecule has 0 saturated heterocycles. The van der Waals surface area contributed by atoms with E-state index in [1.54, 1.807) is 6.07 Å². The normalized spacial score (nSPS) is 11.6. The van der Waals surface area contributed by atoms with Gasteiger partial charge < -0.3 is 5.32 Å². The molecule has 1 rings (SSSR count). The Balaban J connectivity index is 2.46. The van der Waals surface area contributed by atoms with Crippen molar-refractivity contribution in [3.8, 4) is 0 Å². The molecule has 0 aliphatic rings. The number of aromatic nitrogens is 2. The maximum absolute atomic E-state index is 11.9. The maximum atomic E-state index is 11.9. The quantitative estimate of drug-likeness (QED) is 0.635. The number of rotatable bonds is 6. The van der Waals surface area contributed by atoms with Crippen LogP contribution in [0.5, 0.6) is 0 Å². The van der Waals surface area contributed by atoms with Crippen molar-refractivity contribution >= 4 is 21.7 Å². The molecule has 0 aliphatic carbocycles. The molecule has 3 nitrogen and oxygen atoms in total. The standard InChI is InChI=1S/C11H15BrF3N3/c1-2-4-9-17-8(12)7-10(18-9)16-6-3-5-11(13,14)15/h7H,2-6H2,1H3,(H,16,17,18). The Morgan fingerprint density at radius 2 is 2.06 bits per heavy atom. The average Bonchev–Trinajstić information content (AvgIpc) is 2.23. The summed E-state index contributed by atoms with van der Waals surface area (Å²) in [6.07, 6.45) is -3.18. The number of hydrogen-bond donors (Lipinski definition) is 1. The first-order chi connectivity index (χ1) is 8.40. The minimum Gasteiger partial charge on any atom is -0.370 e. The highest BCUT2D eigenvalue weighted by molar-refractivity contribution is 9.10. The summed E-state index contributed by atoms with van der Waals surface area (Å²) < 4.78 is 36.5. The molecule has 102 valence electrons. The van der Waals surface area contributed by atoms with Gasteiger partial charge in [0.1, 0.15) is 16.2 Å². The number of nitrogens with zero attached hydrogens (tertiary/aromatic N) is 2. The van der Waals surface area contributed by atoms with Crippen LogP contribution in [-0.2, 0) is 6.42 Å². The Kier molecular flexibility index (Phi) is 5.84. The van der Waals surface area contributed by atoms with Crippen LogP contribution in [0.1, 0.15) is 32.0 Å². The molecular weight excluding hydrogens is 311 g/mol. The lowest BCUT2D eigenvalue weighted by Crippen LogP contribution is -2.12. The Morgan fingerprint density at radius 1 is 1.33 bits per heavy atom. The first-order valence-electron chi connectivity index (χ1n) is 5.75. The molecule has 0 saturated carbocycles. The average molecular weight is 326 g/mol. The van der Waals surface area contributed by atoms with Crippen molar-refractivity contribution in [2.24, 2.45) is 0 Å². The van der Waals surface area contributed by atoms with Crippen molar-refractivity contribution in [3.05, 3.63) is 16.5 Å². The smallest absolute Gasteiger partial charge is 0.370 e. The molecule has 0 amide bonds. The molecule has 0 bridgehead atoms. The fourth-order valence-electron chi connectivity index (χ4n) is 1.40. The highest BCUT2D eigenvalue weighted by atomic mass is 79.9. The van der Waals surface area contributed by atoms with Gasteiger partial charge in [-0.2, -0.15) is 13.2 Å². The molecule has 0 aliphatic heterocycles. The zero-order valence-electron chi connectivity index (χ0n) is 10.0. The van der Waals surface area contributed by atoms with Crippen LogP contribution in [0, 0.1) is 0 Å². The van der Waals surface area contributed by atoms with Gasteiger partial charge >= 0.3 is 6.18 Å². The van der Waals surface area contributed by atoms with E-state index in [9.17, 15) is 13.2 Å². The number of halogens is 4. The van der Waals surface area contributed by atoms with Crippen LogP contribution in [0.4, 0.5) is 19.0 Å². The lowest BCUT2D eigenvalue weighted by molar-refractivity contribution is -0.134. The molecule has 1 aromatic rings. The molecular formula is C11H15BrF3N3. The van der Waals surface area contributed by atoms with Crippen molar-refractivity contribution in [2.45, 2.75) is 38.8 Å². The first kappa shape index (κ1) is 15.2.